The van der Waals surface area contributed by atoms with E-state index in [0.29, 0.717) is 25.8 Å². The second-order valence-corrected chi connectivity index (χ2v) is 4.94. The normalized spacial score (nSPS) is 31.3. The number of hydrogen-bond donors (Lipinski definition) is 3. The van der Waals surface area contributed by atoms with E-state index in [4.69, 9.17) is 6.42 Å². The summed E-state index contributed by atoms with van der Waals surface area (Å²) >= 11 is 0. The zero-order chi connectivity index (χ0) is 14.4. The fourth-order valence-corrected chi connectivity index (χ4v) is 2.62. The third kappa shape index (κ3) is 3.77. The number of nitrogens with zero attached hydrogens (tertiary/aromatic N) is 1. The molecule has 5 heteroatoms. The lowest BCUT2D eigenvalue weighted by molar-refractivity contribution is -0.120. The largest absolute Gasteiger partial charge is 0.395 e. The zero-order valence-corrected chi connectivity index (χ0v) is 11.3. The molecule has 0 saturated carbocycles. The Kier molecular flexibility index (Phi) is 6.46. The predicted molar refractivity (Wildman–Crippen MR) is 71.4 cm³/mol. The molecule has 0 aromatic heterocycles. The van der Waals surface area contributed by atoms with Crippen molar-refractivity contribution in [2.45, 2.75) is 56.9 Å². The van der Waals surface area contributed by atoms with Crippen LogP contribution in [0.25, 0.3) is 0 Å². The molecule has 0 aromatic carbocycles. The quantitative estimate of drug-likeness (QED) is 0.430. The number of aliphatic hydroxyl groups excluding tert-OH is 3. The average molecular weight is 269 g/mol. The van der Waals surface area contributed by atoms with Crippen molar-refractivity contribution in [2.75, 3.05) is 13.2 Å². The van der Waals surface area contributed by atoms with Gasteiger partial charge in [0.25, 0.3) is 0 Å². The van der Waals surface area contributed by atoms with E-state index >= 15 is 0 Å². The van der Waals surface area contributed by atoms with Gasteiger partial charge in [-0.2, -0.15) is 0 Å². The van der Waals surface area contributed by atoms with E-state index in [1.54, 1.807) is 6.92 Å². The maximum Gasteiger partial charge on any atom is 0.134 e. The number of unbranched alkanes of at least 4 members (excludes halogenated alkanes) is 1. The summed E-state index contributed by atoms with van der Waals surface area (Å²) in [5.41, 5.74) is 0. The molecule has 0 spiro atoms. The molecule has 5 nitrogen and oxygen atoms in total. The minimum atomic E-state index is -1.02. The van der Waals surface area contributed by atoms with Gasteiger partial charge in [0.1, 0.15) is 5.78 Å². The minimum absolute atomic E-state index is 0.0387. The number of rotatable bonds is 7. The van der Waals surface area contributed by atoms with Crippen LogP contribution >= 0.6 is 0 Å². The standard InChI is InChI=1S/C14H23NO4/c1-3-5-6-7-15-11(8-10(17)4-2)13(18)14(19)12(15)9-16/h1,11-14,16,18-19H,4-9H2,2H3/t11-,12-,13-,14-/m1/s1. The molecule has 0 amide bonds. The van der Waals surface area contributed by atoms with Crippen LogP contribution in [-0.4, -0.2) is 63.4 Å². The van der Waals surface area contributed by atoms with Crippen molar-refractivity contribution in [2.24, 2.45) is 0 Å². The van der Waals surface area contributed by atoms with Crippen molar-refractivity contribution in [3.63, 3.8) is 0 Å². The highest BCUT2D eigenvalue weighted by Crippen LogP contribution is 2.28. The Morgan fingerprint density at radius 2 is 1.95 bits per heavy atom. The van der Waals surface area contributed by atoms with E-state index in [9.17, 15) is 20.1 Å². The molecule has 0 radical (unpaired) electrons. The molecule has 1 saturated heterocycles. The van der Waals surface area contributed by atoms with Crippen molar-refractivity contribution >= 4 is 5.78 Å². The van der Waals surface area contributed by atoms with Gasteiger partial charge in [0.05, 0.1) is 24.9 Å². The fraction of sp³-hybridized carbons (Fsp3) is 0.786. The van der Waals surface area contributed by atoms with E-state index in [1.165, 1.54) is 0 Å². The molecule has 108 valence electrons. The molecule has 4 atom stereocenters. The second-order valence-electron chi connectivity index (χ2n) is 4.94. The molecule has 0 aromatic rings. The summed E-state index contributed by atoms with van der Waals surface area (Å²) in [5, 5.41) is 29.3. The smallest absolute Gasteiger partial charge is 0.134 e. The van der Waals surface area contributed by atoms with Crippen molar-refractivity contribution in [3.05, 3.63) is 0 Å². The highest BCUT2D eigenvalue weighted by Gasteiger charge is 2.47. The molecule has 1 aliphatic heterocycles. The van der Waals surface area contributed by atoms with Crippen molar-refractivity contribution in [1.82, 2.24) is 4.90 Å². The monoisotopic (exact) mass is 269 g/mol. The maximum absolute atomic E-state index is 11.6. The molecule has 1 heterocycles. The van der Waals surface area contributed by atoms with E-state index < -0.39 is 24.3 Å². The van der Waals surface area contributed by atoms with Crippen LogP contribution < -0.4 is 0 Å². The molecule has 0 aliphatic carbocycles. The Hall–Kier alpha value is -0.930. The SMILES string of the molecule is C#CCCCN1[C@H](CO)[C@@H](O)[C@H](O)[C@H]1CC(=O)CC. The summed E-state index contributed by atoms with van der Waals surface area (Å²) in [4.78, 5) is 13.4. The number of likely N-dealkylation sites (tertiary alicyclic amines) is 1. The van der Waals surface area contributed by atoms with Gasteiger partial charge in [0, 0.05) is 25.3 Å². The van der Waals surface area contributed by atoms with E-state index in [2.05, 4.69) is 5.92 Å². The number of ketones is 1. The van der Waals surface area contributed by atoms with E-state index in [0.717, 1.165) is 0 Å². The first-order valence-electron chi connectivity index (χ1n) is 6.74. The Morgan fingerprint density at radius 1 is 1.32 bits per heavy atom. The summed E-state index contributed by atoms with van der Waals surface area (Å²) in [7, 11) is 0. The number of carbonyl (C=O) groups excluding carboxylic acids is 1. The maximum atomic E-state index is 11.6. The van der Waals surface area contributed by atoms with E-state index in [-0.39, 0.29) is 18.8 Å². The first-order chi connectivity index (χ1) is 9.06. The Morgan fingerprint density at radius 3 is 2.47 bits per heavy atom. The van der Waals surface area contributed by atoms with Crippen molar-refractivity contribution in [1.29, 1.82) is 0 Å². The highest BCUT2D eigenvalue weighted by atomic mass is 16.3. The van der Waals surface area contributed by atoms with Crippen LogP contribution in [0.2, 0.25) is 0 Å². The van der Waals surface area contributed by atoms with Crippen LogP contribution in [-0.2, 0) is 4.79 Å². The van der Waals surface area contributed by atoms with Gasteiger partial charge in [-0.25, -0.2) is 0 Å². The van der Waals surface area contributed by atoms with Gasteiger partial charge in [-0.3, -0.25) is 9.69 Å². The Labute approximate surface area is 114 Å². The topological polar surface area (TPSA) is 81.0 Å². The molecule has 3 N–H and O–H groups in total. The number of carbonyl (C=O) groups is 1. The summed E-state index contributed by atoms with van der Waals surface area (Å²) in [6.45, 7) is 2.09. The van der Waals surface area contributed by atoms with Gasteiger partial charge in [-0.1, -0.05) is 6.92 Å². The van der Waals surface area contributed by atoms with E-state index in [1.807, 2.05) is 4.90 Å². The summed E-state index contributed by atoms with van der Waals surface area (Å²) in [6, 6.07) is -0.959. The van der Waals surface area contributed by atoms with Crippen molar-refractivity contribution in [3.8, 4) is 12.3 Å². The van der Waals surface area contributed by atoms with Crippen molar-refractivity contribution < 1.29 is 20.1 Å². The second kappa shape index (κ2) is 7.61. The van der Waals surface area contributed by atoms with Crippen LogP contribution in [0.5, 0.6) is 0 Å². The van der Waals surface area contributed by atoms with Gasteiger partial charge in [0.2, 0.25) is 0 Å². The van der Waals surface area contributed by atoms with Gasteiger partial charge in [-0.05, 0) is 13.0 Å². The van der Waals surface area contributed by atoms with Crippen LogP contribution in [0.3, 0.4) is 0 Å². The molecular weight excluding hydrogens is 246 g/mol. The van der Waals surface area contributed by atoms with Crippen LogP contribution in [0.15, 0.2) is 0 Å². The molecular formula is C14H23NO4. The van der Waals surface area contributed by atoms with Gasteiger partial charge in [-0.15, -0.1) is 12.3 Å². The Balaban J connectivity index is 2.76. The highest BCUT2D eigenvalue weighted by molar-refractivity contribution is 5.78. The average Bonchev–Trinajstić information content (AvgIpc) is 2.63. The van der Waals surface area contributed by atoms with Crippen LogP contribution in [0.4, 0.5) is 0 Å². The summed E-state index contributed by atoms with van der Waals surface area (Å²) < 4.78 is 0. The predicted octanol–water partition coefficient (Wildman–Crippen LogP) is -0.464. The van der Waals surface area contributed by atoms with Crippen LogP contribution in [0, 0.1) is 12.3 Å². The minimum Gasteiger partial charge on any atom is -0.395 e. The molecule has 0 bridgehead atoms. The first-order valence-corrected chi connectivity index (χ1v) is 6.74. The third-order valence-electron chi connectivity index (χ3n) is 3.75. The van der Waals surface area contributed by atoms with Gasteiger partial charge >= 0.3 is 0 Å². The molecule has 19 heavy (non-hydrogen) atoms. The van der Waals surface area contributed by atoms with Crippen LogP contribution in [0.1, 0.15) is 32.6 Å². The lowest BCUT2D eigenvalue weighted by Crippen LogP contribution is -2.42. The molecule has 1 fully saturated rings. The number of terminal acetylenes is 1. The zero-order valence-electron chi connectivity index (χ0n) is 11.3. The first kappa shape index (κ1) is 16.1. The number of hydrogen-bond acceptors (Lipinski definition) is 5. The molecule has 1 rings (SSSR count). The summed E-state index contributed by atoms with van der Waals surface area (Å²) in [5.74, 6) is 2.57. The van der Waals surface area contributed by atoms with Gasteiger partial charge < -0.3 is 15.3 Å². The lowest BCUT2D eigenvalue weighted by Gasteiger charge is -2.29. The summed E-state index contributed by atoms with van der Waals surface area (Å²) in [6.07, 6.45) is 5.08. The number of Topliss-reactive ketones (excluding diaryl/α,β-unsaturated/α-hetero) is 1. The Bertz CT molecular complexity index is 339. The van der Waals surface area contributed by atoms with Gasteiger partial charge in [0.15, 0.2) is 0 Å². The molecule has 1 aliphatic rings. The fourth-order valence-electron chi connectivity index (χ4n) is 2.62. The molecule has 0 unspecified atom stereocenters. The lowest BCUT2D eigenvalue weighted by atomic mass is 10.0. The third-order valence-corrected chi connectivity index (χ3v) is 3.75. The number of aliphatic hydroxyl groups is 3.